The van der Waals surface area contributed by atoms with E-state index in [1.807, 2.05) is 0 Å². The van der Waals surface area contributed by atoms with Crippen LogP contribution in [0.4, 0.5) is 5.69 Å². The van der Waals surface area contributed by atoms with Gasteiger partial charge in [-0.15, -0.1) is 0 Å². The summed E-state index contributed by atoms with van der Waals surface area (Å²) < 4.78 is 36.3. The molecule has 1 aliphatic rings. The highest BCUT2D eigenvalue weighted by atomic mass is 32.2. The second-order valence-corrected chi connectivity index (χ2v) is 8.67. The summed E-state index contributed by atoms with van der Waals surface area (Å²) in [7, 11) is 0.931. The molecule has 1 N–H and O–H groups in total. The van der Waals surface area contributed by atoms with Crippen LogP contribution in [0.5, 0.6) is 0 Å². The summed E-state index contributed by atoms with van der Waals surface area (Å²) in [6, 6.07) is 4.75. The second-order valence-electron chi connectivity index (χ2n) is 6.52. The normalized spacial score (nSPS) is 14.7. The minimum atomic E-state index is -3.61. The zero-order valence-electron chi connectivity index (χ0n) is 16.2. The zero-order valence-corrected chi connectivity index (χ0v) is 17.0. The van der Waals surface area contributed by atoms with Gasteiger partial charge in [-0.05, 0) is 31.0 Å². The molecule has 1 aromatic carbocycles. The standard InChI is InChI=1S/C18H29N3O5S/c1-20(2)27(23,24)15-6-7-17(21-9-4-5-10-21)16(14-15)18(22)19-8-11-26-13-12-25-3/h6-7,14H,4-5,8-13H2,1-3H3,(H,19,22). The van der Waals surface area contributed by atoms with E-state index in [0.717, 1.165) is 35.9 Å². The maximum atomic E-state index is 12.7. The van der Waals surface area contributed by atoms with E-state index in [9.17, 15) is 13.2 Å². The van der Waals surface area contributed by atoms with Crippen LogP contribution in [0.25, 0.3) is 0 Å². The average molecular weight is 400 g/mol. The smallest absolute Gasteiger partial charge is 0.253 e. The Labute approximate surface area is 161 Å². The fraction of sp³-hybridized carbons (Fsp3) is 0.611. The van der Waals surface area contributed by atoms with Crippen LogP contribution in [0.15, 0.2) is 23.1 Å². The van der Waals surface area contributed by atoms with Crippen molar-refractivity contribution in [2.75, 3.05) is 65.6 Å². The van der Waals surface area contributed by atoms with E-state index >= 15 is 0 Å². The van der Waals surface area contributed by atoms with Crippen LogP contribution in [-0.4, -0.2) is 79.3 Å². The van der Waals surface area contributed by atoms with Crippen molar-refractivity contribution >= 4 is 21.6 Å². The molecule has 1 saturated heterocycles. The van der Waals surface area contributed by atoms with Gasteiger partial charge in [0.15, 0.2) is 0 Å². The first kappa shape index (κ1) is 21.6. The van der Waals surface area contributed by atoms with Crippen LogP contribution in [-0.2, 0) is 19.5 Å². The Hall–Kier alpha value is -1.68. The van der Waals surface area contributed by atoms with Crippen LogP contribution in [0.2, 0.25) is 0 Å². The van der Waals surface area contributed by atoms with E-state index < -0.39 is 10.0 Å². The Morgan fingerprint density at radius 1 is 1.19 bits per heavy atom. The SMILES string of the molecule is COCCOCCNC(=O)c1cc(S(=O)(=O)N(C)C)ccc1N1CCCC1. The van der Waals surface area contributed by atoms with Gasteiger partial charge in [0, 0.05) is 46.5 Å². The highest BCUT2D eigenvalue weighted by molar-refractivity contribution is 7.89. The number of nitrogens with zero attached hydrogens (tertiary/aromatic N) is 2. The molecule has 27 heavy (non-hydrogen) atoms. The number of anilines is 1. The molecule has 0 atom stereocenters. The third-order valence-electron chi connectivity index (χ3n) is 4.40. The third-order valence-corrected chi connectivity index (χ3v) is 6.21. The summed E-state index contributed by atoms with van der Waals surface area (Å²) in [6.45, 7) is 3.39. The summed E-state index contributed by atoms with van der Waals surface area (Å²) >= 11 is 0. The molecule has 0 radical (unpaired) electrons. The van der Waals surface area contributed by atoms with E-state index in [-0.39, 0.29) is 10.8 Å². The average Bonchev–Trinajstić information content (AvgIpc) is 3.18. The molecule has 0 aromatic heterocycles. The lowest BCUT2D eigenvalue weighted by atomic mass is 10.1. The van der Waals surface area contributed by atoms with Crippen LogP contribution < -0.4 is 10.2 Å². The number of ether oxygens (including phenoxy) is 2. The quantitative estimate of drug-likeness (QED) is 0.589. The Kier molecular flexibility index (Phi) is 8.03. The number of sulfonamides is 1. The van der Waals surface area contributed by atoms with Gasteiger partial charge < -0.3 is 19.7 Å². The number of nitrogens with one attached hydrogen (secondary N) is 1. The Balaban J connectivity index is 2.18. The van der Waals surface area contributed by atoms with Crippen molar-refractivity contribution in [3.63, 3.8) is 0 Å². The van der Waals surface area contributed by atoms with Gasteiger partial charge in [-0.1, -0.05) is 0 Å². The summed E-state index contributed by atoms with van der Waals surface area (Å²) in [5.74, 6) is -0.303. The van der Waals surface area contributed by atoms with Crippen molar-refractivity contribution in [2.45, 2.75) is 17.7 Å². The van der Waals surface area contributed by atoms with Gasteiger partial charge in [0.25, 0.3) is 5.91 Å². The Bertz CT molecular complexity index is 731. The monoisotopic (exact) mass is 399 g/mol. The minimum absolute atomic E-state index is 0.108. The number of methoxy groups -OCH3 is 1. The molecule has 1 amide bonds. The van der Waals surface area contributed by atoms with E-state index in [1.54, 1.807) is 19.2 Å². The van der Waals surface area contributed by atoms with Crippen molar-refractivity contribution in [1.82, 2.24) is 9.62 Å². The molecule has 2 rings (SSSR count). The molecule has 1 fully saturated rings. The lowest BCUT2D eigenvalue weighted by Crippen LogP contribution is -2.31. The molecule has 1 aliphatic heterocycles. The predicted molar refractivity (Wildman–Crippen MR) is 104 cm³/mol. The number of hydrogen-bond acceptors (Lipinski definition) is 6. The Morgan fingerprint density at radius 2 is 1.89 bits per heavy atom. The second kappa shape index (κ2) is 10.0. The Morgan fingerprint density at radius 3 is 2.52 bits per heavy atom. The molecule has 0 spiro atoms. The molecule has 9 heteroatoms. The highest BCUT2D eigenvalue weighted by Gasteiger charge is 2.24. The summed E-state index contributed by atoms with van der Waals surface area (Å²) in [5, 5.41) is 2.81. The van der Waals surface area contributed by atoms with Crippen LogP contribution >= 0.6 is 0 Å². The zero-order chi connectivity index (χ0) is 19.9. The summed E-state index contributed by atoms with van der Waals surface area (Å²) in [5.41, 5.74) is 1.14. The predicted octanol–water partition coefficient (Wildman–Crippen LogP) is 0.930. The van der Waals surface area contributed by atoms with Crippen LogP contribution in [0.1, 0.15) is 23.2 Å². The first-order valence-electron chi connectivity index (χ1n) is 9.04. The van der Waals surface area contributed by atoms with E-state index in [2.05, 4.69) is 10.2 Å². The molecule has 152 valence electrons. The maximum Gasteiger partial charge on any atom is 0.253 e. The van der Waals surface area contributed by atoms with E-state index in [4.69, 9.17) is 9.47 Å². The lowest BCUT2D eigenvalue weighted by molar-refractivity contribution is 0.0693. The maximum absolute atomic E-state index is 12.7. The van der Waals surface area contributed by atoms with Gasteiger partial charge in [-0.3, -0.25) is 4.79 Å². The minimum Gasteiger partial charge on any atom is -0.382 e. The highest BCUT2D eigenvalue weighted by Crippen LogP contribution is 2.28. The molecule has 8 nitrogen and oxygen atoms in total. The van der Waals surface area contributed by atoms with Crippen molar-refractivity contribution in [3.05, 3.63) is 23.8 Å². The fourth-order valence-electron chi connectivity index (χ4n) is 2.88. The molecule has 1 aromatic rings. The molecular weight excluding hydrogens is 370 g/mol. The number of rotatable bonds is 10. The van der Waals surface area contributed by atoms with Gasteiger partial charge >= 0.3 is 0 Å². The number of hydrogen-bond donors (Lipinski definition) is 1. The number of benzene rings is 1. The van der Waals surface area contributed by atoms with Gasteiger partial charge in [-0.2, -0.15) is 0 Å². The lowest BCUT2D eigenvalue weighted by Gasteiger charge is -2.22. The molecule has 0 saturated carbocycles. The molecule has 0 aliphatic carbocycles. The third kappa shape index (κ3) is 5.65. The van der Waals surface area contributed by atoms with Crippen molar-refractivity contribution < 1.29 is 22.7 Å². The van der Waals surface area contributed by atoms with Crippen LogP contribution in [0.3, 0.4) is 0 Å². The molecule has 0 bridgehead atoms. The van der Waals surface area contributed by atoms with E-state index in [0.29, 0.717) is 31.9 Å². The van der Waals surface area contributed by atoms with Gasteiger partial charge in [0.1, 0.15) is 0 Å². The van der Waals surface area contributed by atoms with Crippen molar-refractivity contribution in [2.24, 2.45) is 0 Å². The molecular formula is C18H29N3O5S. The number of carbonyl (C=O) groups is 1. The van der Waals surface area contributed by atoms with Crippen molar-refractivity contribution in [1.29, 1.82) is 0 Å². The first-order valence-corrected chi connectivity index (χ1v) is 10.5. The van der Waals surface area contributed by atoms with Gasteiger partial charge in [0.05, 0.1) is 30.3 Å². The fourth-order valence-corrected chi connectivity index (χ4v) is 3.81. The summed E-state index contributed by atoms with van der Waals surface area (Å²) in [6.07, 6.45) is 2.12. The topological polar surface area (TPSA) is 88.2 Å². The number of amides is 1. The summed E-state index contributed by atoms with van der Waals surface area (Å²) in [4.78, 5) is 15.0. The van der Waals surface area contributed by atoms with Crippen LogP contribution in [0, 0.1) is 0 Å². The number of carbonyl (C=O) groups excluding carboxylic acids is 1. The molecule has 0 unspecified atom stereocenters. The largest absolute Gasteiger partial charge is 0.382 e. The van der Waals surface area contributed by atoms with Gasteiger partial charge in [0.2, 0.25) is 10.0 Å². The molecule has 1 heterocycles. The first-order chi connectivity index (χ1) is 12.9. The van der Waals surface area contributed by atoms with E-state index in [1.165, 1.54) is 20.2 Å². The van der Waals surface area contributed by atoms with Crippen molar-refractivity contribution in [3.8, 4) is 0 Å². The van der Waals surface area contributed by atoms with Gasteiger partial charge in [-0.25, -0.2) is 12.7 Å².